The summed E-state index contributed by atoms with van der Waals surface area (Å²) >= 11 is 0. The van der Waals surface area contributed by atoms with Crippen LogP contribution >= 0.6 is 0 Å². The van der Waals surface area contributed by atoms with E-state index >= 15 is 0 Å². The Morgan fingerprint density at radius 2 is 1.13 bits per heavy atom. The standard InChI is InChI=1S/C33H25N5O6S2.Na/c1-21-12-14-22(15-13-21)34-31-19-18-30(27-10-5-11-32(33(27)31)46(42,43)44)38-37-29-17-16-28(25-8-2-3-9-26(25)29)36-35-23-6-4-7-24(20-23)45(39,40)41;/h2-20,34H,1H3,(H,39,40,41)(H,42,43,44);. The van der Waals surface area contributed by atoms with E-state index in [2.05, 4.69) is 25.8 Å². The first-order valence-corrected chi connectivity index (χ1v) is 16.7. The van der Waals surface area contributed by atoms with Gasteiger partial charge in [-0.05, 0) is 67.6 Å². The molecule has 0 aliphatic rings. The molecule has 0 saturated carbocycles. The third kappa shape index (κ3) is 7.63. The molecule has 0 unspecified atom stereocenters. The van der Waals surface area contributed by atoms with Crippen molar-refractivity contribution in [3.8, 4) is 0 Å². The number of azo groups is 2. The number of nitrogens with one attached hydrogen (secondary N) is 1. The fourth-order valence-electron chi connectivity index (χ4n) is 4.92. The number of anilines is 2. The van der Waals surface area contributed by atoms with E-state index in [0.717, 1.165) is 11.3 Å². The number of nitrogens with zero attached hydrogens (tertiary/aromatic N) is 4. The van der Waals surface area contributed by atoms with Gasteiger partial charge in [0.05, 0.1) is 27.6 Å². The molecule has 0 atom stereocenters. The second kappa shape index (κ2) is 13.8. The Morgan fingerprint density at radius 3 is 1.74 bits per heavy atom. The SMILES string of the molecule is Cc1ccc(Nc2ccc(N=Nc3ccc(N=Nc4cccc(S(=O)(=O)O)c4)c4ccccc34)c3cccc(S(=O)(=O)O)c23)cc1.[Na]. The molecule has 11 nitrogen and oxygen atoms in total. The average Bonchev–Trinajstić information content (AvgIpc) is 3.03. The van der Waals surface area contributed by atoms with Crippen molar-refractivity contribution in [3.63, 3.8) is 0 Å². The summed E-state index contributed by atoms with van der Waals surface area (Å²) in [4.78, 5) is -0.557. The molecule has 0 amide bonds. The Labute approximate surface area is 292 Å². The Bertz CT molecular complexity index is 2420. The van der Waals surface area contributed by atoms with Gasteiger partial charge in [-0.1, -0.05) is 60.2 Å². The molecule has 231 valence electrons. The summed E-state index contributed by atoms with van der Waals surface area (Å²) in [5.41, 5.74) is 3.87. The Kier molecular flexibility index (Phi) is 9.98. The second-order valence-electron chi connectivity index (χ2n) is 10.3. The molecule has 47 heavy (non-hydrogen) atoms. The van der Waals surface area contributed by atoms with Gasteiger partial charge in [0.2, 0.25) is 0 Å². The van der Waals surface area contributed by atoms with Crippen molar-refractivity contribution < 1.29 is 25.9 Å². The van der Waals surface area contributed by atoms with Crippen LogP contribution in [0.25, 0.3) is 21.5 Å². The van der Waals surface area contributed by atoms with Crippen molar-refractivity contribution in [1.29, 1.82) is 0 Å². The number of fused-ring (bicyclic) bond motifs is 2. The number of hydrogen-bond acceptors (Lipinski definition) is 9. The molecule has 0 heterocycles. The van der Waals surface area contributed by atoms with E-state index in [1.165, 1.54) is 30.3 Å². The summed E-state index contributed by atoms with van der Waals surface area (Å²) in [6, 6.07) is 31.7. The van der Waals surface area contributed by atoms with Gasteiger partial charge in [-0.2, -0.15) is 21.9 Å². The van der Waals surface area contributed by atoms with E-state index in [4.69, 9.17) is 0 Å². The predicted octanol–water partition coefficient (Wildman–Crippen LogP) is 8.99. The van der Waals surface area contributed by atoms with Crippen molar-refractivity contribution in [2.24, 2.45) is 20.5 Å². The minimum absolute atomic E-state index is 0. The number of rotatable bonds is 8. The maximum absolute atomic E-state index is 12.4. The van der Waals surface area contributed by atoms with Gasteiger partial charge in [-0.15, -0.1) is 15.3 Å². The van der Waals surface area contributed by atoms with Gasteiger partial charge in [-0.3, -0.25) is 9.11 Å². The number of benzene rings is 6. The van der Waals surface area contributed by atoms with Crippen LogP contribution in [-0.2, 0) is 20.2 Å². The van der Waals surface area contributed by atoms with E-state index in [1.807, 2.05) is 55.5 Å². The van der Waals surface area contributed by atoms with E-state index < -0.39 is 20.2 Å². The molecule has 14 heteroatoms. The molecule has 3 N–H and O–H groups in total. The number of hydrogen-bond donors (Lipinski definition) is 3. The van der Waals surface area contributed by atoms with Crippen molar-refractivity contribution in [3.05, 3.63) is 121 Å². The van der Waals surface area contributed by atoms with Crippen LogP contribution in [0.5, 0.6) is 0 Å². The summed E-state index contributed by atoms with van der Waals surface area (Å²) in [7, 11) is -8.97. The molecule has 1 radical (unpaired) electrons. The zero-order valence-corrected chi connectivity index (χ0v) is 28.7. The van der Waals surface area contributed by atoms with Gasteiger partial charge in [0.15, 0.2) is 0 Å². The largest absolute Gasteiger partial charge is 0.355 e. The van der Waals surface area contributed by atoms with E-state index in [0.29, 0.717) is 38.9 Å². The summed E-state index contributed by atoms with van der Waals surface area (Å²) < 4.78 is 67.2. The first-order chi connectivity index (χ1) is 22.0. The molecule has 0 aliphatic carbocycles. The van der Waals surface area contributed by atoms with Crippen LogP contribution in [-0.4, -0.2) is 55.5 Å². The van der Waals surface area contributed by atoms with E-state index in [1.54, 1.807) is 36.4 Å². The predicted molar refractivity (Wildman–Crippen MR) is 183 cm³/mol. The minimum atomic E-state index is -4.58. The van der Waals surface area contributed by atoms with Crippen molar-refractivity contribution in [2.45, 2.75) is 16.7 Å². The second-order valence-corrected chi connectivity index (χ2v) is 13.1. The summed E-state index contributed by atoms with van der Waals surface area (Å²) in [5.74, 6) is 0. The Balaban J connectivity index is 0.00000433. The molecule has 0 fully saturated rings. The van der Waals surface area contributed by atoms with Crippen LogP contribution in [0, 0.1) is 6.92 Å². The average molecular weight is 675 g/mol. The molecule has 6 aromatic carbocycles. The quantitative estimate of drug-likeness (QED) is 0.0821. The summed E-state index contributed by atoms with van der Waals surface area (Å²) in [6.07, 6.45) is 0. The van der Waals surface area contributed by atoms with Gasteiger partial charge >= 0.3 is 0 Å². The minimum Gasteiger partial charge on any atom is -0.355 e. The molecular weight excluding hydrogens is 650 g/mol. The maximum atomic E-state index is 12.4. The molecule has 0 aromatic heterocycles. The molecule has 6 aromatic rings. The first-order valence-electron chi connectivity index (χ1n) is 13.8. The topological polar surface area (TPSA) is 170 Å². The summed E-state index contributed by atoms with van der Waals surface area (Å²) in [6.45, 7) is 1.96. The maximum Gasteiger partial charge on any atom is 0.295 e. The molecule has 0 saturated heterocycles. The fourth-order valence-corrected chi connectivity index (χ4v) is 6.17. The van der Waals surface area contributed by atoms with Gasteiger partial charge in [0, 0.05) is 62.5 Å². The van der Waals surface area contributed by atoms with Crippen molar-refractivity contribution in [1.82, 2.24) is 0 Å². The normalized spacial score (nSPS) is 12.1. The smallest absolute Gasteiger partial charge is 0.295 e. The fraction of sp³-hybridized carbons (Fsp3) is 0.0303. The van der Waals surface area contributed by atoms with Crippen LogP contribution in [0.3, 0.4) is 0 Å². The first kappa shape index (κ1) is 34.0. The number of aryl methyl sites for hydroxylation is 1. The zero-order valence-electron chi connectivity index (χ0n) is 25.1. The van der Waals surface area contributed by atoms with Crippen LogP contribution in [0.15, 0.2) is 146 Å². The molecule has 0 aliphatic heterocycles. The van der Waals surface area contributed by atoms with Crippen LogP contribution in [0.2, 0.25) is 0 Å². The van der Waals surface area contributed by atoms with Crippen LogP contribution in [0.1, 0.15) is 5.56 Å². The van der Waals surface area contributed by atoms with Crippen molar-refractivity contribution in [2.75, 3.05) is 5.32 Å². The molecular formula is C33H25N5NaO6S2. The van der Waals surface area contributed by atoms with Crippen molar-refractivity contribution >= 4 is 105 Å². The zero-order chi connectivity index (χ0) is 32.5. The van der Waals surface area contributed by atoms with E-state index in [9.17, 15) is 25.9 Å². The van der Waals surface area contributed by atoms with E-state index in [-0.39, 0.29) is 50.4 Å². The molecule has 0 bridgehead atoms. The third-order valence-electron chi connectivity index (χ3n) is 7.12. The van der Waals surface area contributed by atoms with Crippen LogP contribution < -0.4 is 5.32 Å². The van der Waals surface area contributed by atoms with Gasteiger partial charge in [-0.25, -0.2) is 0 Å². The Hall–Kier alpha value is -4.34. The van der Waals surface area contributed by atoms with Crippen LogP contribution in [0.4, 0.5) is 34.1 Å². The Morgan fingerprint density at radius 1 is 0.574 bits per heavy atom. The van der Waals surface area contributed by atoms with Gasteiger partial charge in [0.25, 0.3) is 20.2 Å². The third-order valence-corrected chi connectivity index (χ3v) is 8.87. The monoisotopic (exact) mass is 674 g/mol. The van der Waals surface area contributed by atoms with Gasteiger partial charge in [0.1, 0.15) is 4.90 Å². The molecule has 6 rings (SSSR count). The summed E-state index contributed by atoms with van der Waals surface area (Å²) in [5, 5.41) is 22.8. The molecule has 0 spiro atoms. The van der Waals surface area contributed by atoms with Gasteiger partial charge < -0.3 is 5.32 Å².